The van der Waals surface area contributed by atoms with Crippen LogP contribution in [-0.4, -0.2) is 44.6 Å². The normalized spacial score (nSPS) is 17.5. The Morgan fingerprint density at radius 1 is 0.396 bits per heavy atom. The van der Waals surface area contributed by atoms with E-state index in [2.05, 4.69) is 40.7 Å². The summed E-state index contributed by atoms with van der Waals surface area (Å²) < 4.78 is 216. The predicted octanol–water partition coefficient (Wildman–Crippen LogP) is 22.0. The van der Waals surface area contributed by atoms with E-state index in [0.29, 0.717) is 48.1 Å². The largest absolute Gasteiger partial charge is 0.457 e. The molecule has 2 unspecified atom stereocenters. The maximum atomic E-state index is 15.7. The van der Waals surface area contributed by atoms with Gasteiger partial charge in [-0.25, -0.2) is 19.9 Å². The lowest BCUT2D eigenvalue weighted by molar-refractivity contribution is -0.290. The highest BCUT2D eigenvalue weighted by Crippen LogP contribution is 2.60. The first-order chi connectivity index (χ1) is 42.6. The summed E-state index contributed by atoms with van der Waals surface area (Å²) in [6, 6.07) is 23.8. The van der Waals surface area contributed by atoms with Crippen molar-refractivity contribution in [3.8, 4) is 23.0 Å². The van der Waals surface area contributed by atoms with Crippen LogP contribution in [0.4, 0.5) is 52.7 Å². The minimum Gasteiger partial charge on any atom is -0.457 e. The molecule has 9 nitrogen and oxygen atoms in total. The van der Waals surface area contributed by atoms with Crippen molar-refractivity contribution in [1.82, 2.24) is 19.9 Å². The average Bonchev–Trinajstić information content (AvgIpc) is 1.60. The van der Waals surface area contributed by atoms with Crippen LogP contribution < -0.4 is 4.74 Å². The van der Waals surface area contributed by atoms with Gasteiger partial charge in [-0.3, -0.25) is 0 Å². The van der Waals surface area contributed by atoms with E-state index in [0.717, 1.165) is 110 Å². The van der Waals surface area contributed by atoms with Crippen molar-refractivity contribution in [1.29, 1.82) is 0 Å². The number of oxazole rings is 4. The number of nitrogens with zero attached hydrogens (tertiary/aromatic N) is 4. The third-order valence-electron chi connectivity index (χ3n) is 20.5. The average molecular weight is 1270 g/mol. The van der Waals surface area contributed by atoms with Crippen LogP contribution in [0.5, 0.6) is 11.5 Å². The first-order valence-electron chi connectivity index (χ1n) is 30.4. The van der Waals surface area contributed by atoms with E-state index < -0.39 is 74.0 Å². The second-order valence-electron chi connectivity index (χ2n) is 26.0. The topological polar surface area (TPSA) is 113 Å². The first-order valence-corrected chi connectivity index (χ1v) is 30.4. The molecule has 6 aromatic carbocycles. The number of fused-ring (bicyclic) bond motifs is 4. The van der Waals surface area contributed by atoms with E-state index in [9.17, 15) is 0 Å². The van der Waals surface area contributed by atoms with Crippen LogP contribution in [0.25, 0.3) is 55.9 Å². The van der Waals surface area contributed by atoms with Gasteiger partial charge in [-0.1, -0.05) is 112 Å². The van der Waals surface area contributed by atoms with Crippen LogP contribution >= 0.6 is 0 Å². The smallest absolute Gasteiger partial charge is 0.411 e. The van der Waals surface area contributed by atoms with Crippen molar-refractivity contribution >= 4 is 44.4 Å². The molecule has 2 atom stereocenters. The summed E-state index contributed by atoms with van der Waals surface area (Å²) in [5.74, 6) is 1.53. The van der Waals surface area contributed by atoms with Gasteiger partial charge in [-0.05, 0) is 169 Å². The fourth-order valence-corrected chi connectivity index (χ4v) is 13.4. The number of rotatable bonds is 17. The minimum absolute atomic E-state index is 0.0133. The van der Waals surface area contributed by atoms with Gasteiger partial charge in [0.05, 0.1) is 5.41 Å². The molecule has 1 saturated carbocycles. The van der Waals surface area contributed by atoms with E-state index in [1.165, 1.54) is 0 Å². The lowest BCUT2D eigenvalue weighted by Crippen LogP contribution is -2.54. The predicted molar refractivity (Wildman–Crippen MR) is 321 cm³/mol. The van der Waals surface area contributed by atoms with Crippen molar-refractivity contribution in [2.45, 2.75) is 178 Å². The van der Waals surface area contributed by atoms with Crippen LogP contribution in [-0.2, 0) is 27.1 Å². The van der Waals surface area contributed by atoms with Gasteiger partial charge < -0.3 is 22.4 Å². The molecule has 0 N–H and O–H groups in total. The van der Waals surface area contributed by atoms with Gasteiger partial charge in [0.15, 0.2) is 28.2 Å². The van der Waals surface area contributed by atoms with Gasteiger partial charge in [0.1, 0.15) is 33.6 Å². The van der Waals surface area contributed by atoms with Crippen LogP contribution in [0, 0.1) is 11.3 Å². The van der Waals surface area contributed by atoms with E-state index in [-0.39, 0.29) is 73.4 Å². The van der Waals surface area contributed by atoms with Crippen molar-refractivity contribution < 1.29 is 75.1 Å². The van der Waals surface area contributed by atoms with Crippen LogP contribution in [0.3, 0.4) is 0 Å². The van der Waals surface area contributed by atoms with Crippen molar-refractivity contribution in [2.24, 2.45) is 11.3 Å². The number of benzene rings is 6. The lowest BCUT2D eigenvalue weighted by Gasteiger charge is -2.44. The molecule has 0 spiro atoms. The van der Waals surface area contributed by atoms with E-state index in [1.807, 2.05) is 46.8 Å². The SMILES string of the molecule is CCC(C)(C)c1nc2cc(C(c3ccc4oc(-c5ccc(Oc6ccc(C(C)(CC)C(C)(CC)c7nc8cc(C(c9ccc%10oc(C%11CCC(C(C)(C)CC)CC%11)nc%10c9)(C(F)(F)F)C(F)(F)F)ccc8o7)cc6)cc5)nc4c3)(C(F)(F)F)C(F)(F)F)ccc2o1. The molecule has 0 bridgehead atoms. The van der Waals surface area contributed by atoms with E-state index >= 15 is 52.7 Å². The Bertz CT molecular complexity index is 4270. The van der Waals surface area contributed by atoms with Gasteiger partial charge in [-0.2, -0.15) is 52.7 Å². The molecule has 10 aromatic rings. The minimum atomic E-state index is -5.89. The summed E-state index contributed by atoms with van der Waals surface area (Å²) in [7, 11) is 0. The standard InChI is InChI=1S/C70H68F12N4O5/c1-11-61(5,6)41-19-15-39(16-20-41)57-83-49-35-44(23-31-53(49)88-57)66(69(77,78)79,70(80,81)82)46-26-34-56-52(38-46)86-60(91-56)64(10,14-4)63(9,13-3)42-21-29-48(30-22-42)87-47-27-17-40(18-28-47)58-84-50-36-43(24-32-54(50)89-58)65(67(71,72)73,68(74,75)76)45-25-33-55-51(37-45)85-59(90-55)62(7,8)12-2/h17-18,21-39,41H,11-16,19-20H2,1-10H3. The summed E-state index contributed by atoms with van der Waals surface area (Å²) in [6.07, 6.45) is -17.9. The summed E-state index contributed by atoms with van der Waals surface area (Å²) in [4.78, 5) is 17.8. The summed E-state index contributed by atoms with van der Waals surface area (Å²) in [6.45, 7) is 19.7. The fraction of sp³-hybridized carbons (Fsp3) is 0.429. The third kappa shape index (κ3) is 10.6. The fourth-order valence-electron chi connectivity index (χ4n) is 13.4. The Hall–Kier alpha value is -7.84. The molecule has 0 radical (unpaired) electrons. The van der Waals surface area contributed by atoms with Crippen LogP contribution in [0.2, 0.25) is 0 Å². The molecule has 4 heterocycles. The Balaban J connectivity index is 0.833. The highest BCUT2D eigenvalue weighted by Gasteiger charge is 2.74. The highest BCUT2D eigenvalue weighted by atomic mass is 19.4. The molecule has 482 valence electrons. The number of hydrogen-bond donors (Lipinski definition) is 0. The maximum absolute atomic E-state index is 15.7. The maximum Gasteiger partial charge on any atom is 0.411 e. The molecule has 91 heavy (non-hydrogen) atoms. The zero-order valence-corrected chi connectivity index (χ0v) is 51.7. The second kappa shape index (κ2) is 22.5. The Morgan fingerprint density at radius 2 is 0.780 bits per heavy atom. The molecule has 1 aliphatic rings. The van der Waals surface area contributed by atoms with Gasteiger partial charge >= 0.3 is 24.7 Å². The lowest BCUT2D eigenvalue weighted by atomic mass is 9.59. The van der Waals surface area contributed by atoms with Gasteiger partial charge in [0.2, 0.25) is 28.5 Å². The molecule has 21 heteroatoms. The Morgan fingerprint density at radius 3 is 1.21 bits per heavy atom. The van der Waals surface area contributed by atoms with Crippen molar-refractivity contribution in [2.75, 3.05) is 0 Å². The monoisotopic (exact) mass is 1270 g/mol. The molecule has 11 rings (SSSR count). The van der Waals surface area contributed by atoms with Gasteiger partial charge in [-0.15, -0.1) is 0 Å². The Labute approximate surface area is 517 Å². The van der Waals surface area contributed by atoms with Crippen LogP contribution in [0.1, 0.15) is 172 Å². The zero-order chi connectivity index (χ0) is 65.9. The van der Waals surface area contributed by atoms with Gasteiger partial charge in [0.25, 0.3) is 0 Å². The molecule has 0 aliphatic heterocycles. The first kappa shape index (κ1) is 64.7. The summed E-state index contributed by atoms with van der Waals surface area (Å²) in [5.41, 5.74) is -15.3. The molecule has 0 amide bonds. The highest BCUT2D eigenvalue weighted by molar-refractivity contribution is 5.80. The quantitative estimate of drug-likeness (QED) is 0.0822. The molecule has 4 aromatic heterocycles. The number of aromatic nitrogens is 4. The third-order valence-corrected chi connectivity index (χ3v) is 20.5. The molecular weight excluding hydrogens is 1200 g/mol. The number of hydrogen-bond acceptors (Lipinski definition) is 9. The summed E-state index contributed by atoms with van der Waals surface area (Å²) >= 11 is 0. The second-order valence-corrected chi connectivity index (χ2v) is 26.0. The van der Waals surface area contributed by atoms with E-state index in [4.69, 9.17) is 22.4 Å². The number of ether oxygens (including phenoxy) is 1. The number of halogens is 12. The van der Waals surface area contributed by atoms with Crippen LogP contribution in [0.15, 0.2) is 139 Å². The molecule has 1 aliphatic carbocycles. The molecule has 0 saturated heterocycles. The summed E-state index contributed by atoms with van der Waals surface area (Å²) in [5, 5.41) is 0. The van der Waals surface area contributed by atoms with E-state index in [1.54, 1.807) is 50.2 Å². The Kier molecular flexibility index (Phi) is 16.0. The van der Waals surface area contributed by atoms with Gasteiger partial charge in [0, 0.05) is 22.3 Å². The molecule has 1 fully saturated rings. The van der Waals surface area contributed by atoms with Crippen molar-refractivity contribution in [3.63, 3.8) is 0 Å². The van der Waals surface area contributed by atoms with Crippen molar-refractivity contribution in [3.05, 3.63) is 167 Å². The zero-order valence-electron chi connectivity index (χ0n) is 51.7. The molecular formula is C70H68F12N4O5. The number of alkyl halides is 12.